The van der Waals surface area contributed by atoms with Crippen molar-refractivity contribution in [3.63, 3.8) is 0 Å². The van der Waals surface area contributed by atoms with Gasteiger partial charge in [0.15, 0.2) is 0 Å². The highest BCUT2D eigenvalue weighted by Gasteiger charge is 2.09. The van der Waals surface area contributed by atoms with Crippen molar-refractivity contribution in [2.45, 2.75) is 20.4 Å². The van der Waals surface area contributed by atoms with Crippen LogP contribution in [-0.2, 0) is 6.54 Å². The number of anilines is 1. The van der Waals surface area contributed by atoms with Crippen LogP contribution in [0.25, 0.3) is 10.9 Å². The maximum absolute atomic E-state index is 12.9. The molecule has 0 aliphatic heterocycles. The fourth-order valence-corrected chi connectivity index (χ4v) is 2.61. The van der Waals surface area contributed by atoms with Gasteiger partial charge < -0.3 is 10.3 Å². The number of nitrogens with two attached hydrogens (primary N) is 1. The quantitative estimate of drug-likeness (QED) is 0.699. The number of nitrogens with zero attached hydrogens (tertiary/aromatic N) is 1. The van der Waals surface area contributed by atoms with Gasteiger partial charge in [-0.3, -0.25) is 0 Å². The Morgan fingerprint density at radius 1 is 1.10 bits per heavy atom. The van der Waals surface area contributed by atoms with Crippen LogP contribution in [0.5, 0.6) is 0 Å². The molecule has 0 spiro atoms. The molecule has 1 aromatic heterocycles. The highest BCUT2D eigenvalue weighted by Crippen LogP contribution is 2.28. The Labute approximate surface area is 117 Å². The molecule has 3 aromatic rings. The van der Waals surface area contributed by atoms with Gasteiger partial charge in [0, 0.05) is 29.3 Å². The van der Waals surface area contributed by atoms with Crippen LogP contribution in [0.4, 0.5) is 10.1 Å². The fourth-order valence-electron chi connectivity index (χ4n) is 2.61. The third kappa shape index (κ3) is 2.05. The van der Waals surface area contributed by atoms with Gasteiger partial charge in [-0.2, -0.15) is 0 Å². The summed E-state index contributed by atoms with van der Waals surface area (Å²) in [6.45, 7) is 4.80. The second kappa shape index (κ2) is 4.67. The molecule has 20 heavy (non-hydrogen) atoms. The first-order valence-electron chi connectivity index (χ1n) is 6.65. The van der Waals surface area contributed by atoms with Crippen LogP contribution in [0.2, 0.25) is 0 Å². The van der Waals surface area contributed by atoms with Crippen molar-refractivity contribution < 1.29 is 4.39 Å². The number of aromatic nitrogens is 1. The molecular formula is C17H17FN2. The summed E-state index contributed by atoms with van der Waals surface area (Å²) in [5.41, 5.74) is 11.4. The lowest BCUT2D eigenvalue weighted by atomic mass is 10.1. The minimum Gasteiger partial charge on any atom is -0.398 e. The molecule has 0 saturated heterocycles. The maximum Gasteiger partial charge on any atom is 0.123 e. The van der Waals surface area contributed by atoms with Crippen LogP contribution in [0.1, 0.15) is 16.7 Å². The minimum absolute atomic E-state index is 0.203. The fraction of sp³-hybridized carbons (Fsp3) is 0.176. The molecular weight excluding hydrogens is 251 g/mol. The predicted molar refractivity (Wildman–Crippen MR) is 81.3 cm³/mol. The average molecular weight is 268 g/mol. The first-order valence-corrected chi connectivity index (χ1v) is 6.65. The van der Waals surface area contributed by atoms with E-state index in [9.17, 15) is 4.39 Å². The van der Waals surface area contributed by atoms with Gasteiger partial charge >= 0.3 is 0 Å². The van der Waals surface area contributed by atoms with Gasteiger partial charge in [-0.1, -0.05) is 12.1 Å². The summed E-state index contributed by atoms with van der Waals surface area (Å²) in [6.07, 6.45) is 2.06. The van der Waals surface area contributed by atoms with Crippen molar-refractivity contribution >= 4 is 16.6 Å². The summed E-state index contributed by atoms with van der Waals surface area (Å²) in [5, 5.41) is 1.18. The number of hydrogen-bond acceptors (Lipinski definition) is 1. The first kappa shape index (κ1) is 12.7. The van der Waals surface area contributed by atoms with Crippen LogP contribution >= 0.6 is 0 Å². The number of rotatable bonds is 2. The minimum atomic E-state index is -0.203. The van der Waals surface area contributed by atoms with Crippen LogP contribution < -0.4 is 5.73 Å². The Kier molecular flexibility index (Phi) is 2.97. The highest BCUT2D eigenvalue weighted by atomic mass is 19.1. The van der Waals surface area contributed by atoms with Crippen LogP contribution in [0.3, 0.4) is 0 Å². The standard InChI is InChI=1S/C17H17FN2/c1-11-9-16-15(12(2)17(11)19)7-8-20(16)10-13-3-5-14(18)6-4-13/h3-9H,10,19H2,1-2H3. The zero-order valence-electron chi connectivity index (χ0n) is 11.7. The first-order chi connectivity index (χ1) is 9.56. The number of hydrogen-bond donors (Lipinski definition) is 1. The summed E-state index contributed by atoms with van der Waals surface area (Å²) in [7, 11) is 0. The summed E-state index contributed by atoms with van der Waals surface area (Å²) in [5.74, 6) is -0.203. The molecule has 0 unspecified atom stereocenters. The van der Waals surface area contributed by atoms with E-state index in [0.717, 1.165) is 28.9 Å². The second-order valence-corrected chi connectivity index (χ2v) is 5.24. The van der Waals surface area contributed by atoms with Gasteiger partial charge in [-0.15, -0.1) is 0 Å². The Hall–Kier alpha value is -2.29. The van der Waals surface area contributed by atoms with Crippen LogP contribution in [-0.4, -0.2) is 4.57 Å². The lowest BCUT2D eigenvalue weighted by molar-refractivity contribution is 0.626. The number of nitrogen functional groups attached to an aromatic ring is 1. The van der Waals surface area contributed by atoms with E-state index in [0.29, 0.717) is 0 Å². The Morgan fingerprint density at radius 3 is 2.50 bits per heavy atom. The van der Waals surface area contributed by atoms with E-state index < -0.39 is 0 Å². The molecule has 0 fully saturated rings. The van der Waals surface area contributed by atoms with Crippen molar-refractivity contribution in [1.82, 2.24) is 4.57 Å². The Morgan fingerprint density at radius 2 is 1.80 bits per heavy atom. The second-order valence-electron chi connectivity index (χ2n) is 5.24. The third-order valence-corrected chi connectivity index (χ3v) is 3.86. The van der Waals surface area contributed by atoms with E-state index in [1.807, 2.05) is 26.0 Å². The van der Waals surface area contributed by atoms with Crippen LogP contribution in [0.15, 0.2) is 42.6 Å². The zero-order valence-corrected chi connectivity index (χ0v) is 11.7. The van der Waals surface area contributed by atoms with E-state index in [4.69, 9.17) is 5.73 Å². The van der Waals surface area contributed by atoms with Crippen molar-refractivity contribution in [2.24, 2.45) is 0 Å². The van der Waals surface area contributed by atoms with Crippen molar-refractivity contribution in [3.05, 3.63) is 65.1 Å². The van der Waals surface area contributed by atoms with Gasteiger partial charge in [-0.05, 0) is 54.8 Å². The highest BCUT2D eigenvalue weighted by molar-refractivity contribution is 5.89. The summed E-state index contributed by atoms with van der Waals surface area (Å²) in [4.78, 5) is 0. The van der Waals surface area contributed by atoms with Crippen molar-refractivity contribution in [1.29, 1.82) is 0 Å². The van der Waals surface area contributed by atoms with Gasteiger partial charge in [-0.25, -0.2) is 4.39 Å². The third-order valence-electron chi connectivity index (χ3n) is 3.86. The van der Waals surface area contributed by atoms with E-state index >= 15 is 0 Å². The number of halogens is 1. The van der Waals surface area contributed by atoms with E-state index in [1.165, 1.54) is 23.0 Å². The van der Waals surface area contributed by atoms with E-state index in [1.54, 1.807) is 0 Å². The monoisotopic (exact) mass is 268 g/mol. The molecule has 2 nitrogen and oxygen atoms in total. The number of aryl methyl sites for hydroxylation is 2. The lowest BCUT2D eigenvalue weighted by Crippen LogP contribution is -2.00. The number of benzene rings is 2. The SMILES string of the molecule is Cc1cc2c(ccn2Cc2ccc(F)cc2)c(C)c1N. The van der Waals surface area contributed by atoms with Crippen LogP contribution in [0, 0.1) is 19.7 Å². The van der Waals surface area contributed by atoms with Crippen molar-refractivity contribution in [2.75, 3.05) is 5.73 Å². The molecule has 0 aliphatic rings. The molecule has 3 heteroatoms. The molecule has 1 heterocycles. The molecule has 102 valence electrons. The van der Waals surface area contributed by atoms with Gasteiger partial charge in [0.2, 0.25) is 0 Å². The van der Waals surface area contributed by atoms with E-state index in [-0.39, 0.29) is 5.82 Å². The largest absolute Gasteiger partial charge is 0.398 e. The Balaban J connectivity index is 2.06. The molecule has 0 atom stereocenters. The number of fused-ring (bicyclic) bond motifs is 1. The smallest absolute Gasteiger partial charge is 0.123 e. The zero-order chi connectivity index (χ0) is 14.3. The molecule has 2 N–H and O–H groups in total. The summed E-state index contributed by atoms with van der Waals surface area (Å²) in [6, 6.07) is 10.8. The van der Waals surface area contributed by atoms with E-state index in [2.05, 4.69) is 22.9 Å². The van der Waals surface area contributed by atoms with Gasteiger partial charge in [0.1, 0.15) is 5.82 Å². The molecule has 3 rings (SSSR count). The summed E-state index contributed by atoms with van der Waals surface area (Å²) >= 11 is 0. The van der Waals surface area contributed by atoms with Gasteiger partial charge in [0.05, 0.1) is 0 Å². The summed E-state index contributed by atoms with van der Waals surface area (Å²) < 4.78 is 15.1. The maximum atomic E-state index is 12.9. The topological polar surface area (TPSA) is 30.9 Å². The molecule has 0 amide bonds. The van der Waals surface area contributed by atoms with Crippen molar-refractivity contribution in [3.8, 4) is 0 Å². The molecule has 2 aromatic carbocycles. The Bertz CT molecular complexity index is 770. The molecule has 0 aliphatic carbocycles. The normalized spacial score (nSPS) is 11.2. The predicted octanol–water partition coefficient (Wildman–Crippen LogP) is 4.03. The molecule has 0 radical (unpaired) electrons. The molecule has 0 saturated carbocycles. The average Bonchev–Trinajstić information content (AvgIpc) is 2.82. The van der Waals surface area contributed by atoms with Gasteiger partial charge in [0.25, 0.3) is 0 Å². The lowest BCUT2D eigenvalue weighted by Gasteiger charge is -2.10. The molecule has 0 bridgehead atoms.